The fourth-order valence-corrected chi connectivity index (χ4v) is 11.0. The number of anilines is 3. The molecule has 9 aromatic rings. The third kappa shape index (κ3) is 4.32. The second kappa shape index (κ2) is 11.3. The summed E-state index contributed by atoms with van der Waals surface area (Å²) < 4.78 is 2.68. The molecule has 0 spiro atoms. The first-order chi connectivity index (χ1) is 26.3. The van der Waals surface area contributed by atoms with Gasteiger partial charge >= 0.3 is 0 Å². The monoisotopic (exact) mass is 709 g/mol. The van der Waals surface area contributed by atoms with E-state index in [0.717, 1.165) is 5.69 Å². The maximum atomic E-state index is 2.50. The highest BCUT2D eigenvalue weighted by Gasteiger charge is 2.39. The van der Waals surface area contributed by atoms with Crippen molar-refractivity contribution in [1.29, 1.82) is 0 Å². The summed E-state index contributed by atoms with van der Waals surface area (Å²) in [6.45, 7) is 9.45. The number of nitrogens with zero attached hydrogens (tertiary/aromatic N) is 1. The van der Waals surface area contributed by atoms with Crippen LogP contribution in [0.25, 0.3) is 64.3 Å². The Morgan fingerprint density at radius 2 is 1.06 bits per heavy atom. The molecule has 2 aliphatic rings. The van der Waals surface area contributed by atoms with Gasteiger partial charge in [0.05, 0.1) is 5.69 Å². The zero-order valence-corrected chi connectivity index (χ0v) is 31.8. The van der Waals surface area contributed by atoms with E-state index >= 15 is 0 Å². The largest absolute Gasteiger partial charge is 0.310 e. The summed E-state index contributed by atoms with van der Waals surface area (Å²) in [5, 5.41) is 5.29. The minimum atomic E-state index is -0.0932. The van der Waals surface area contributed by atoms with Gasteiger partial charge < -0.3 is 4.90 Å². The van der Waals surface area contributed by atoms with Crippen molar-refractivity contribution in [3.63, 3.8) is 0 Å². The van der Waals surface area contributed by atoms with Crippen LogP contribution in [0.15, 0.2) is 164 Å². The van der Waals surface area contributed by atoms with Gasteiger partial charge in [0, 0.05) is 53.5 Å². The normalized spacial score (nSPS) is 14.6. The van der Waals surface area contributed by atoms with Crippen LogP contribution in [-0.2, 0) is 10.8 Å². The second-order valence-electron chi connectivity index (χ2n) is 16.1. The van der Waals surface area contributed by atoms with E-state index in [-0.39, 0.29) is 10.8 Å². The highest BCUT2D eigenvalue weighted by Crippen LogP contribution is 2.56. The smallest absolute Gasteiger partial charge is 0.0543 e. The van der Waals surface area contributed by atoms with Crippen molar-refractivity contribution in [3.05, 3.63) is 186 Å². The fourth-order valence-electron chi connectivity index (χ4n) is 9.77. The molecule has 11 rings (SSSR count). The van der Waals surface area contributed by atoms with E-state index < -0.39 is 0 Å². The maximum absolute atomic E-state index is 2.50. The molecule has 1 heterocycles. The van der Waals surface area contributed by atoms with Crippen LogP contribution in [0.5, 0.6) is 0 Å². The molecule has 1 nitrogen and oxygen atoms in total. The first-order valence-corrected chi connectivity index (χ1v) is 19.8. The molecule has 1 aromatic heterocycles. The van der Waals surface area contributed by atoms with Gasteiger partial charge in [0.15, 0.2) is 0 Å². The summed E-state index contributed by atoms with van der Waals surface area (Å²) in [6, 6.07) is 61.4. The Hall–Kier alpha value is -5.96. The molecule has 8 aromatic carbocycles. The van der Waals surface area contributed by atoms with Gasteiger partial charge in [-0.05, 0) is 97.7 Å². The molecular formula is C52H39NS. The Labute approximate surface area is 320 Å². The standard InChI is InChI=1S/C52H39NS/c1-51(2)42-19-10-7-16-37(42)41-31-35(28-29-44(41)51)53(46-22-13-21-45-49(46)38-17-8-11-20-43(38)52(45,3)4)34-26-24-32(25-27-34)40-30-33-14-5-6-15-36(33)48-39-18-9-12-23-47(39)54-50(40)48/h5-31H,1-4H3. The third-order valence-electron chi connectivity index (χ3n) is 12.5. The van der Waals surface area contributed by atoms with Crippen LogP contribution in [0, 0.1) is 0 Å². The van der Waals surface area contributed by atoms with Crippen molar-refractivity contribution < 1.29 is 0 Å². The van der Waals surface area contributed by atoms with E-state index in [1.54, 1.807) is 0 Å². The predicted molar refractivity (Wildman–Crippen MR) is 232 cm³/mol. The molecule has 2 aliphatic carbocycles. The molecule has 0 unspecified atom stereocenters. The summed E-state index contributed by atoms with van der Waals surface area (Å²) >= 11 is 1.90. The van der Waals surface area contributed by atoms with Crippen molar-refractivity contribution in [2.45, 2.75) is 38.5 Å². The van der Waals surface area contributed by atoms with Crippen molar-refractivity contribution in [3.8, 4) is 33.4 Å². The topological polar surface area (TPSA) is 3.24 Å². The van der Waals surface area contributed by atoms with Gasteiger partial charge in [0.1, 0.15) is 0 Å². The van der Waals surface area contributed by atoms with Crippen molar-refractivity contribution in [1.82, 2.24) is 0 Å². The van der Waals surface area contributed by atoms with Gasteiger partial charge in [0.2, 0.25) is 0 Å². The molecular weight excluding hydrogens is 671 g/mol. The number of hydrogen-bond donors (Lipinski definition) is 0. The van der Waals surface area contributed by atoms with Crippen LogP contribution < -0.4 is 4.90 Å². The summed E-state index contributed by atoms with van der Waals surface area (Å²) in [6.07, 6.45) is 0. The molecule has 0 fully saturated rings. The molecule has 0 bridgehead atoms. The van der Waals surface area contributed by atoms with Crippen LogP contribution in [0.4, 0.5) is 17.1 Å². The number of rotatable bonds is 4. The van der Waals surface area contributed by atoms with Crippen LogP contribution in [0.1, 0.15) is 49.9 Å². The number of benzene rings is 8. The second-order valence-corrected chi connectivity index (χ2v) is 17.2. The minimum Gasteiger partial charge on any atom is -0.310 e. The molecule has 0 radical (unpaired) electrons. The quantitative estimate of drug-likeness (QED) is 0.176. The molecule has 54 heavy (non-hydrogen) atoms. The average Bonchev–Trinajstić information content (AvgIpc) is 3.79. The number of thiophene rings is 1. The first-order valence-electron chi connectivity index (χ1n) is 19.0. The van der Waals surface area contributed by atoms with E-state index in [2.05, 4.69) is 196 Å². The third-order valence-corrected chi connectivity index (χ3v) is 13.7. The molecule has 2 heteroatoms. The Balaban J connectivity index is 1.13. The van der Waals surface area contributed by atoms with E-state index in [9.17, 15) is 0 Å². The van der Waals surface area contributed by atoms with Crippen LogP contribution in [0.3, 0.4) is 0 Å². The maximum Gasteiger partial charge on any atom is 0.0543 e. The van der Waals surface area contributed by atoms with Crippen molar-refractivity contribution >= 4 is 59.3 Å². The minimum absolute atomic E-state index is 0.0499. The van der Waals surface area contributed by atoms with Gasteiger partial charge in [0.25, 0.3) is 0 Å². The van der Waals surface area contributed by atoms with E-state index in [0.29, 0.717) is 0 Å². The zero-order valence-electron chi connectivity index (χ0n) is 30.9. The van der Waals surface area contributed by atoms with Gasteiger partial charge in [-0.25, -0.2) is 0 Å². The lowest BCUT2D eigenvalue weighted by Gasteiger charge is -2.30. The Morgan fingerprint density at radius 1 is 0.444 bits per heavy atom. The summed E-state index contributed by atoms with van der Waals surface area (Å²) in [5.41, 5.74) is 16.8. The van der Waals surface area contributed by atoms with E-state index in [4.69, 9.17) is 0 Å². The van der Waals surface area contributed by atoms with Gasteiger partial charge in [-0.3, -0.25) is 0 Å². The van der Waals surface area contributed by atoms with Gasteiger partial charge in [-0.15, -0.1) is 11.3 Å². The summed E-state index contributed by atoms with van der Waals surface area (Å²) in [7, 11) is 0. The van der Waals surface area contributed by atoms with E-state index in [1.807, 2.05) is 11.3 Å². The van der Waals surface area contributed by atoms with Crippen LogP contribution in [-0.4, -0.2) is 0 Å². The predicted octanol–water partition coefficient (Wildman–Crippen LogP) is 15.0. The number of hydrogen-bond acceptors (Lipinski definition) is 2. The summed E-state index contributed by atoms with van der Waals surface area (Å²) in [4.78, 5) is 2.50. The lowest BCUT2D eigenvalue weighted by atomic mass is 9.82. The van der Waals surface area contributed by atoms with Crippen molar-refractivity contribution in [2.75, 3.05) is 4.90 Å². The Bertz CT molecular complexity index is 3000. The van der Waals surface area contributed by atoms with Crippen molar-refractivity contribution in [2.24, 2.45) is 0 Å². The van der Waals surface area contributed by atoms with E-state index in [1.165, 1.54) is 98.0 Å². The molecule has 0 aliphatic heterocycles. The highest BCUT2D eigenvalue weighted by atomic mass is 32.1. The van der Waals surface area contributed by atoms with Crippen LogP contribution >= 0.6 is 11.3 Å². The highest BCUT2D eigenvalue weighted by molar-refractivity contribution is 7.26. The summed E-state index contributed by atoms with van der Waals surface area (Å²) in [5.74, 6) is 0. The number of fused-ring (bicyclic) bond motifs is 11. The lowest BCUT2D eigenvalue weighted by molar-refractivity contribution is 0.660. The molecule has 0 saturated heterocycles. The Morgan fingerprint density at radius 3 is 1.87 bits per heavy atom. The fraction of sp³-hybridized carbons (Fsp3) is 0.115. The van der Waals surface area contributed by atoms with Gasteiger partial charge in [-0.2, -0.15) is 0 Å². The Kier molecular flexibility index (Phi) is 6.59. The first kappa shape index (κ1) is 31.6. The van der Waals surface area contributed by atoms with Gasteiger partial charge in [-0.1, -0.05) is 149 Å². The average molecular weight is 710 g/mol. The SMILES string of the molecule is CC1(C)c2ccccc2-c2cc(N(c3ccc(-c4cc5ccccc5c5c4sc4ccccc45)cc3)c3cccc4c3-c3ccccc3C4(C)C)ccc21. The molecule has 0 N–H and O–H groups in total. The molecule has 0 saturated carbocycles. The molecule has 258 valence electrons. The molecule has 0 atom stereocenters. The zero-order chi connectivity index (χ0) is 36.3. The lowest BCUT2D eigenvalue weighted by Crippen LogP contribution is -2.16. The van der Waals surface area contributed by atoms with Crippen LogP contribution in [0.2, 0.25) is 0 Å². The molecule has 0 amide bonds.